The van der Waals surface area contributed by atoms with Gasteiger partial charge < -0.3 is 4.57 Å². The van der Waals surface area contributed by atoms with Crippen molar-refractivity contribution >= 4 is 23.9 Å². The predicted octanol–water partition coefficient (Wildman–Crippen LogP) is 4.93. The van der Waals surface area contributed by atoms with E-state index in [0.29, 0.717) is 11.4 Å². The van der Waals surface area contributed by atoms with Crippen LogP contribution < -0.4 is 5.43 Å². The molecular weight excluding hydrogens is 385 g/mol. The molecular formula is C23H24FN3OS. The van der Waals surface area contributed by atoms with Gasteiger partial charge in [-0.05, 0) is 50.1 Å². The van der Waals surface area contributed by atoms with Crippen molar-refractivity contribution in [2.45, 2.75) is 26.5 Å². The summed E-state index contributed by atoms with van der Waals surface area (Å²) in [5.74, 6) is 0.688. The standard InChI is InChI=1S/C23H24FN3OS/c1-16-8-4-5-9-19(16)14-29-15-23(28)26-25-13-20-12-17(2)27(18(20)3)22-11-7-6-10-21(22)24/h4-13H,14-15H2,1-3H3,(H,26,28)/b25-13-. The normalized spacial score (nSPS) is 11.2. The first-order chi connectivity index (χ1) is 14.0. The average Bonchev–Trinajstić information content (AvgIpc) is 2.97. The van der Waals surface area contributed by atoms with Gasteiger partial charge in [0.2, 0.25) is 5.91 Å². The first kappa shape index (κ1) is 20.9. The van der Waals surface area contributed by atoms with Crippen LogP contribution in [0.3, 0.4) is 0 Å². The average molecular weight is 410 g/mol. The first-order valence-electron chi connectivity index (χ1n) is 9.35. The third-order valence-corrected chi connectivity index (χ3v) is 5.69. The fraction of sp³-hybridized carbons (Fsp3) is 0.217. The lowest BCUT2D eigenvalue weighted by molar-refractivity contribution is -0.118. The summed E-state index contributed by atoms with van der Waals surface area (Å²) in [5.41, 5.74) is 8.11. The molecule has 0 aliphatic carbocycles. The zero-order chi connectivity index (χ0) is 20.8. The van der Waals surface area contributed by atoms with Crippen LogP contribution in [-0.2, 0) is 10.5 Å². The van der Waals surface area contributed by atoms with E-state index < -0.39 is 0 Å². The number of thioether (sulfide) groups is 1. The maximum atomic E-state index is 14.2. The Balaban J connectivity index is 1.58. The Morgan fingerprint density at radius 1 is 1.14 bits per heavy atom. The number of hydrazone groups is 1. The highest BCUT2D eigenvalue weighted by Crippen LogP contribution is 2.22. The van der Waals surface area contributed by atoms with E-state index in [4.69, 9.17) is 0 Å². The van der Waals surface area contributed by atoms with E-state index in [1.54, 1.807) is 36.2 Å². The van der Waals surface area contributed by atoms with Crippen molar-refractivity contribution < 1.29 is 9.18 Å². The maximum Gasteiger partial charge on any atom is 0.250 e. The molecule has 0 unspecified atom stereocenters. The molecule has 0 fully saturated rings. The highest BCUT2D eigenvalue weighted by molar-refractivity contribution is 7.99. The Morgan fingerprint density at radius 3 is 2.62 bits per heavy atom. The van der Waals surface area contributed by atoms with Crippen LogP contribution in [0.15, 0.2) is 59.7 Å². The molecule has 3 rings (SSSR count). The number of nitrogens with zero attached hydrogens (tertiary/aromatic N) is 2. The van der Waals surface area contributed by atoms with Crippen LogP contribution in [0, 0.1) is 26.6 Å². The van der Waals surface area contributed by atoms with Crippen LogP contribution in [0.5, 0.6) is 0 Å². The Kier molecular flexibility index (Phi) is 6.88. The van der Waals surface area contributed by atoms with E-state index in [1.807, 2.05) is 36.6 Å². The van der Waals surface area contributed by atoms with Crippen LogP contribution in [0.4, 0.5) is 4.39 Å². The van der Waals surface area contributed by atoms with Gasteiger partial charge in [0.25, 0.3) is 0 Å². The van der Waals surface area contributed by atoms with Crippen LogP contribution in [0.2, 0.25) is 0 Å². The molecule has 0 spiro atoms. The van der Waals surface area contributed by atoms with Gasteiger partial charge >= 0.3 is 0 Å². The highest BCUT2D eigenvalue weighted by atomic mass is 32.2. The maximum absolute atomic E-state index is 14.2. The lowest BCUT2D eigenvalue weighted by atomic mass is 10.1. The minimum Gasteiger partial charge on any atom is -0.315 e. The molecule has 3 aromatic rings. The molecule has 0 radical (unpaired) electrons. The zero-order valence-corrected chi connectivity index (χ0v) is 17.6. The Bertz CT molecular complexity index is 1040. The third kappa shape index (κ3) is 5.15. The SMILES string of the molecule is Cc1ccccc1CSCC(=O)N/N=C\c1cc(C)n(-c2ccccc2F)c1C. The van der Waals surface area contributed by atoms with Gasteiger partial charge in [-0.3, -0.25) is 4.79 Å². The molecule has 2 aromatic carbocycles. The second-order valence-electron chi connectivity index (χ2n) is 6.83. The quantitative estimate of drug-likeness (QED) is 0.444. The first-order valence-corrected chi connectivity index (χ1v) is 10.5. The third-order valence-electron chi connectivity index (χ3n) is 4.71. The molecule has 0 saturated carbocycles. The minimum absolute atomic E-state index is 0.150. The molecule has 6 heteroatoms. The summed E-state index contributed by atoms with van der Waals surface area (Å²) >= 11 is 1.55. The number of hydrogen-bond acceptors (Lipinski definition) is 3. The summed E-state index contributed by atoms with van der Waals surface area (Å²) in [6, 6.07) is 16.7. The number of aryl methyl sites for hydroxylation is 2. The largest absolute Gasteiger partial charge is 0.315 e. The lowest BCUT2D eigenvalue weighted by Crippen LogP contribution is -2.19. The van der Waals surface area contributed by atoms with Gasteiger partial charge in [0.05, 0.1) is 17.7 Å². The molecule has 1 heterocycles. The number of nitrogens with one attached hydrogen (secondary N) is 1. The summed E-state index contributed by atoms with van der Waals surface area (Å²) in [7, 11) is 0. The smallest absolute Gasteiger partial charge is 0.250 e. The van der Waals surface area contributed by atoms with Crippen molar-refractivity contribution in [3.05, 3.63) is 88.5 Å². The van der Waals surface area contributed by atoms with E-state index in [9.17, 15) is 9.18 Å². The number of carbonyl (C=O) groups is 1. The summed E-state index contributed by atoms with van der Waals surface area (Å²) in [5, 5.41) is 4.07. The molecule has 1 N–H and O–H groups in total. The van der Waals surface area contributed by atoms with E-state index in [0.717, 1.165) is 22.7 Å². The van der Waals surface area contributed by atoms with Gasteiger partial charge in [0.15, 0.2) is 0 Å². The van der Waals surface area contributed by atoms with Crippen molar-refractivity contribution in [2.24, 2.45) is 5.10 Å². The fourth-order valence-electron chi connectivity index (χ4n) is 3.15. The number of aromatic nitrogens is 1. The molecule has 0 aliphatic heterocycles. The highest BCUT2D eigenvalue weighted by Gasteiger charge is 2.12. The molecule has 0 saturated heterocycles. The number of rotatable bonds is 7. The number of halogens is 1. The molecule has 150 valence electrons. The molecule has 1 aromatic heterocycles. The molecule has 0 aliphatic rings. The number of hydrogen-bond donors (Lipinski definition) is 1. The van der Waals surface area contributed by atoms with Gasteiger partial charge in [0, 0.05) is 22.7 Å². The van der Waals surface area contributed by atoms with Crippen molar-refractivity contribution in [2.75, 3.05) is 5.75 Å². The van der Waals surface area contributed by atoms with Gasteiger partial charge in [-0.1, -0.05) is 36.4 Å². The van der Waals surface area contributed by atoms with Crippen LogP contribution >= 0.6 is 11.8 Å². The van der Waals surface area contributed by atoms with Gasteiger partial charge in [0.1, 0.15) is 5.82 Å². The van der Waals surface area contributed by atoms with Crippen LogP contribution in [-0.4, -0.2) is 22.4 Å². The van der Waals surface area contributed by atoms with Crippen molar-refractivity contribution in [3.8, 4) is 5.69 Å². The Hall–Kier alpha value is -2.86. The topological polar surface area (TPSA) is 46.4 Å². The Morgan fingerprint density at radius 2 is 1.86 bits per heavy atom. The monoisotopic (exact) mass is 409 g/mol. The summed E-state index contributed by atoms with van der Waals surface area (Å²) in [6.45, 7) is 5.89. The van der Waals surface area contributed by atoms with Crippen LogP contribution in [0.25, 0.3) is 5.69 Å². The number of benzene rings is 2. The van der Waals surface area contributed by atoms with Crippen molar-refractivity contribution in [1.82, 2.24) is 9.99 Å². The van der Waals surface area contributed by atoms with E-state index in [2.05, 4.69) is 29.6 Å². The van der Waals surface area contributed by atoms with Crippen molar-refractivity contribution in [3.63, 3.8) is 0 Å². The lowest BCUT2D eigenvalue weighted by Gasteiger charge is -2.10. The number of para-hydroxylation sites is 1. The summed E-state index contributed by atoms with van der Waals surface area (Å²) in [6.07, 6.45) is 1.60. The summed E-state index contributed by atoms with van der Waals surface area (Å²) < 4.78 is 16.0. The fourth-order valence-corrected chi connectivity index (χ4v) is 4.05. The second-order valence-corrected chi connectivity index (χ2v) is 7.81. The van der Waals surface area contributed by atoms with Gasteiger partial charge in [-0.25, -0.2) is 9.82 Å². The number of carbonyl (C=O) groups excluding carboxylic acids is 1. The van der Waals surface area contributed by atoms with Gasteiger partial charge in [-0.15, -0.1) is 11.8 Å². The zero-order valence-electron chi connectivity index (χ0n) is 16.8. The van der Waals surface area contributed by atoms with E-state index >= 15 is 0 Å². The molecule has 4 nitrogen and oxygen atoms in total. The molecule has 0 atom stereocenters. The molecule has 1 amide bonds. The van der Waals surface area contributed by atoms with E-state index in [-0.39, 0.29) is 11.7 Å². The summed E-state index contributed by atoms with van der Waals surface area (Å²) in [4.78, 5) is 12.0. The van der Waals surface area contributed by atoms with E-state index in [1.165, 1.54) is 17.2 Å². The van der Waals surface area contributed by atoms with Crippen molar-refractivity contribution in [1.29, 1.82) is 0 Å². The Labute approximate surface area is 174 Å². The van der Waals surface area contributed by atoms with Gasteiger partial charge in [-0.2, -0.15) is 5.10 Å². The number of amides is 1. The second kappa shape index (κ2) is 9.56. The molecule has 29 heavy (non-hydrogen) atoms. The molecule has 0 bridgehead atoms. The minimum atomic E-state index is -0.281. The van der Waals surface area contributed by atoms with Crippen LogP contribution in [0.1, 0.15) is 28.1 Å². The predicted molar refractivity (Wildman–Crippen MR) is 118 cm³/mol.